The number of hydrogen-bond acceptors (Lipinski definition) is 11. The van der Waals surface area contributed by atoms with Crippen molar-refractivity contribution in [2.24, 2.45) is 38.9 Å². The lowest BCUT2D eigenvalue weighted by atomic mass is 9.32. The van der Waals surface area contributed by atoms with Crippen LogP contribution in [0.2, 0.25) is 0 Å². The molecule has 5 aliphatic carbocycles. The highest BCUT2D eigenvalue weighted by atomic mass is 16.6. The van der Waals surface area contributed by atoms with E-state index in [4.69, 9.17) is 23.7 Å². The van der Waals surface area contributed by atoms with Crippen molar-refractivity contribution in [2.75, 3.05) is 20.3 Å². The molecule has 0 unspecified atom stereocenters. The third-order valence-corrected chi connectivity index (χ3v) is 14.2. The van der Waals surface area contributed by atoms with E-state index in [2.05, 4.69) is 26.5 Å². The van der Waals surface area contributed by atoms with Gasteiger partial charge in [-0.25, -0.2) is 0 Å². The lowest BCUT2D eigenvalue weighted by molar-refractivity contribution is -0.341. The number of ether oxygens (including phenoxy) is 5. The lowest BCUT2D eigenvalue weighted by Gasteiger charge is -2.74. The molecular weight excluding hydrogens is 632 g/mol. The molecular formula is C38H54O11. The van der Waals surface area contributed by atoms with E-state index < -0.39 is 68.8 Å². The van der Waals surface area contributed by atoms with Crippen molar-refractivity contribution in [1.29, 1.82) is 0 Å². The fraction of sp³-hybridized carbons (Fsp3) is 0.763. The number of aliphatic hydroxyl groups is 1. The van der Waals surface area contributed by atoms with Gasteiger partial charge >= 0.3 is 29.8 Å². The highest BCUT2D eigenvalue weighted by Crippen LogP contribution is 2.76. The zero-order valence-corrected chi connectivity index (χ0v) is 30.4. The quantitative estimate of drug-likeness (QED) is 0.215. The first kappa shape index (κ1) is 37.1. The third-order valence-electron chi connectivity index (χ3n) is 14.2. The first-order valence-electron chi connectivity index (χ1n) is 17.6. The summed E-state index contributed by atoms with van der Waals surface area (Å²) < 4.78 is 28.7. The lowest BCUT2D eigenvalue weighted by Crippen LogP contribution is -2.80. The fourth-order valence-corrected chi connectivity index (χ4v) is 11.5. The largest absolute Gasteiger partial charge is 0.469 e. The standard InChI is InChI=1S/C38H54O11/c1-22-12-13-36(32(43)45-9)16-14-33(6)27(28(36)18-22)10-11-29-34(33,7)15-17-38(44)35(29,8)30(48-25(4)41)19-31(49-26(5)42)37(38,20-46-23(2)39)21-47-24(3)40/h10,28-31,44H,1,11-21H2,2-9H3/t28-,29-,30+,31-,33+,34+,35-,36-,38-/m0/s1. The van der Waals surface area contributed by atoms with E-state index in [0.717, 1.165) is 18.4 Å². The highest BCUT2D eigenvalue weighted by Gasteiger charge is 2.79. The molecule has 0 aliphatic heterocycles. The van der Waals surface area contributed by atoms with E-state index in [9.17, 15) is 29.1 Å². The van der Waals surface area contributed by atoms with Gasteiger partial charge in [-0.15, -0.1) is 0 Å². The first-order chi connectivity index (χ1) is 22.8. The molecule has 5 aliphatic rings. The van der Waals surface area contributed by atoms with Gasteiger partial charge in [0.1, 0.15) is 30.8 Å². The van der Waals surface area contributed by atoms with Crippen LogP contribution < -0.4 is 0 Å². The van der Waals surface area contributed by atoms with Crippen molar-refractivity contribution in [2.45, 2.75) is 124 Å². The van der Waals surface area contributed by atoms with Gasteiger partial charge in [0.2, 0.25) is 0 Å². The summed E-state index contributed by atoms with van der Waals surface area (Å²) in [5.74, 6) is -2.94. The molecule has 0 heterocycles. The van der Waals surface area contributed by atoms with Gasteiger partial charge in [-0.3, -0.25) is 24.0 Å². The molecule has 0 radical (unpaired) electrons. The van der Waals surface area contributed by atoms with Crippen LogP contribution in [0.15, 0.2) is 23.8 Å². The maximum atomic E-state index is 13.5. The number of fused-ring (bicyclic) bond motifs is 7. The van der Waals surface area contributed by atoms with Crippen LogP contribution in [0.5, 0.6) is 0 Å². The van der Waals surface area contributed by atoms with Gasteiger partial charge < -0.3 is 28.8 Å². The van der Waals surface area contributed by atoms with Gasteiger partial charge in [0.15, 0.2) is 0 Å². The van der Waals surface area contributed by atoms with Crippen LogP contribution in [0.1, 0.15) is 106 Å². The minimum atomic E-state index is -1.81. The van der Waals surface area contributed by atoms with Crippen molar-refractivity contribution in [1.82, 2.24) is 0 Å². The van der Waals surface area contributed by atoms with Gasteiger partial charge in [0.05, 0.1) is 18.1 Å². The smallest absolute Gasteiger partial charge is 0.312 e. The number of carbonyl (C=O) groups is 5. The second-order valence-corrected chi connectivity index (χ2v) is 16.1. The van der Waals surface area contributed by atoms with Gasteiger partial charge in [-0.1, -0.05) is 44.6 Å². The molecule has 11 nitrogen and oxygen atoms in total. The van der Waals surface area contributed by atoms with Crippen molar-refractivity contribution in [3.05, 3.63) is 23.8 Å². The molecule has 0 aromatic rings. The van der Waals surface area contributed by atoms with Crippen LogP contribution >= 0.6 is 0 Å². The average Bonchev–Trinajstić information content (AvgIpc) is 3.01. The second kappa shape index (κ2) is 12.5. The summed E-state index contributed by atoms with van der Waals surface area (Å²) in [5.41, 5.74) is -3.73. The number of rotatable bonds is 7. The van der Waals surface area contributed by atoms with Crippen LogP contribution in [-0.4, -0.2) is 73.1 Å². The van der Waals surface area contributed by atoms with E-state index in [1.807, 2.05) is 6.92 Å². The summed E-state index contributed by atoms with van der Waals surface area (Å²) >= 11 is 0. The number of carbonyl (C=O) groups excluding carboxylic acids is 5. The summed E-state index contributed by atoms with van der Waals surface area (Å²) in [6.45, 7) is 15.0. The monoisotopic (exact) mass is 686 g/mol. The molecule has 5 rings (SSSR count). The molecule has 11 heteroatoms. The zero-order valence-electron chi connectivity index (χ0n) is 30.4. The molecule has 0 bridgehead atoms. The summed E-state index contributed by atoms with van der Waals surface area (Å²) in [4.78, 5) is 63.6. The van der Waals surface area contributed by atoms with Gasteiger partial charge in [-0.2, -0.15) is 0 Å². The van der Waals surface area contributed by atoms with E-state index in [1.165, 1.54) is 40.4 Å². The highest BCUT2D eigenvalue weighted by molar-refractivity contribution is 5.79. The zero-order chi connectivity index (χ0) is 36.4. The Kier molecular flexibility index (Phi) is 9.48. The van der Waals surface area contributed by atoms with E-state index >= 15 is 0 Å². The number of methoxy groups -OCH3 is 1. The number of allylic oxidation sites excluding steroid dienone is 3. The second-order valence-electron chi connectivity index (χ2n) is 16.1. The summed E-state index contributed by atoms with van der Waals surface area (Å²) in [5, 5.41) is 13.5. The van der Waals surface area contributed by atoms with Crippen LogP contribution in [0, 0.1) is 38.9 Å². The van der Waals surface area contributed by atoms with Crippen LogP contribution in [0.3, 0.4) is 0 Å². The molecule has 0 spiro atoms. The first-order valence-corrected chi connectivity index (χ1v) is 17.6. The van der Waals surface area contributed by atoms with Crippen LogP contribution in [0.25, 0.3) is 0 Å². The molecule has 0 saturated heterocycles. The van der Waals surface area contributed by atoms with Crippen molar-refractivity contribution in [3.8, 4) is 0 Å². The molecule has 9 atom stereocenters. The summed E-state index contributed by atoms with van der Waals surface area (Å²) in [7, 11) is 1.46. The van der Waals surface area contributed by atoms with Gasteiger partial charge in [0.25, 0.3) is 0 Å². The molecule has 0 aromatic heterocycles. The maximum Gasteiger partial charge on any atom is 0.312 e. The molecule has 0 aromatic carbocycles. The Morgan fingerprint density at radius 2 is 1.43 bits per heavy atom. The van der Waals surface area contributed by atoms with Crippen molar-refractivity contribution in [3.63, 3.8) is 0 Å². The van der Waals surface area contributed by atoms with Crippen molar-refractivity contribution < 1.29 is 52.8 Å². The van der Waals surface area contributed by atoms with Crippen molar-refractivity contribution >= 4 is 29.8 Å². The Morgan fingerprint density at radius 3 is 1.98 bits per heavy atom. The van der Waals surface area contributed by atoms with E-state index in [-0.39, 0.29) is 43.9 Å². The Balaban J connectivity index is 1.72. The van der Waals surface area contributed by atoms with E-state index in [0.29, 0.717) is 32.1 Å². The maximum absolute atomic E-state index is 13.5. The predicted molar refractivity (Wildman–Crippen MR) is 176 cm³/mol. The molecule has 272 valence electrons. The van der Waals surface area contributed by atoms with Gasteiger partial charge in [-0.05, 0) is 68.1 Å². The van der Waals surface area contributed by atoms with E-state index in [1.54, 1.807) is 0 Å². The molecule has 4 saturated carbocycles. The Bertz CT molecular complexity index is 1450. The minimum absolute atomic E-state index is 0.00569. The van der Waals surface area contributed by atoms with Gasteiger partial charge in [0, 0.05) is 45.4 Å². The van der Waals surface area contributed by atoms with Crippen LogP contribution in [0.4, 0.5) is 0 Å². The third kappa shape index (κ3) is 5.27. The SMILES string of the molecule is C=C1CC[C@]2(C(=O)OC)CC[C@]3(C)C(=CC[C@@H]4[C@@]5(C)[C@H](OC(C)=O)C[C@H](OC(C)=O)C(COC(C)=O)(COC(C)=O)[C@]5(O)CC[C@]43C)[C@@H]2C1. The molecule has 49 heavy (non-hydrogen) atoms. The van der Waals surface area contributed by atoms with Crippen LogP contribution in [-0.2, 0) is 47.7 Å². The number of hydrogen-bond donors (Lipinski definition) is 1. The summed E-state index contributed by atoms with van der Waals surface area (Å²) in [6, 6.07) is 0. The molecule has 0 amide bonds. The fourth-order valence-electron chi connectivity index (χ4n) is 11.5. The average molecular weight is 687 g/mol. The Labute approximate surface area is 289 Å². The number of esters is 5. The summed E-state index contributed by atoms with van der Waals surface area (Å²) in [6.07, 6.45) is 4.92. The predicted octanol–water partition coefficient (Wildman–Crippen LogP) is 5.17. The Morgan fingerprint density at radius 1 is 0.837 bits per heavy atom. The topological polar surface area (TPSA) is 152 Å². The Hall–Kier alpha value is -3.21. The minimum Gasteiger partial charge on any atom is -0.469 e. The molecule has 4 fully saturated rings. The normalized spacial score (nSPS) is 40.5. The molecule has 1 N–H and O–H groups in total.